The molecule has 2 aromatic rings. The van der Waals surface area contributed by atoms with Gasteiger partial charge >= 0.3 is 6.18 Å². The smallest absolute Gasteiger partial charge is 0.441 e. The minimum absolute atomic E-state index is 0.207. The molecule has 1 aromatic carbocycles. The van der Waals surface area contributed by atoms with Crippen molar-refractivity contribution in [3.63, 3.8) is 0 Å². The molecular formula is C17H9F3N4O2S. The normalized spacial score (nSPS) is 18.6. The maximum Gasteiger partial charge on any atom is 0.441 e. The maximum atomic E-state index is 12.8. The van der Waals surface area contributed by atoms with Gasteiger partial charge in [0.1, 0.15) is 11.5 Å². The Balaban J connectivity index is 1.66. The van der Waals surface area contributed by atoms with Crippen LogP contribution < -0.4 is 0 Å². The lowest BCUT2D eigenvalue weighted by Crippen LogP contribution is -2.35. The molecule has 0 saturated carbocycles. The van der Waals surface area contributed by atoms with Gasteiger partial charge in [0.25, 0.3) is 5.91 Å². The summed E-state index contributed by atoms with van der Waals surface area (Å²) in [6.45, 7) is 0. The van der Waals surface area contributed by atoms with Gasteiger partial charge in [0, 0.05) is 5.56 Å². The van der Waals surface area contributed by atoms with Crippen LogP contribution >= 0.6 is 11.8 Å². The number of alkyl halides is 3. The fraction of sp³-hybridized carbons (Fsp3) is 0.0588. The van der Waals surface area contributed by atoms with E-state index >= 15 is 0 Å². The van der Waals surface area contributed by atoms with E-state index in [1.165, 1.54) is 6.08 Å². The quantitative estimate of drug-likeness (QED) is 0.782. The fourth-order valence-electron chi connectivity index (χ4n) is 2.44. The molecule has 0 saturated heterocycles. The number of benzene rings is 1. The van der Waals surface area contributed by atoms with Gasteiger partial charge < -0.3 is 4.42 Å². The van der Waals surface area contributed by atoms with Crippen molar-refractivity contribution >= 4 is 39.8 Å². The summed E-state index contributed by atoms with van der Waals surface area (Å²) in [6.07, 6.45) is -3.41. The predicted octanol–water partition coefficient (Wildman–Crippen LogP) is 4.13. The summed E-state index contributed by atoms with van der Waals surface area (Å²) in [5.74, 6) is -0.493. The Morgan fingerprint density at radius 2 is 1.89 bits per heavy atom. The molecule has 136 valence electrons. The van der Waals surface area contributed by atoms with Gasteiger partial charge in [-0.05, 0) is 30.0 Å². The molecule has 6 nitrogen and oxygen atoms in total. The highest BCUT2D eigenvalue weighted by Gasteiger charge is 2.46. The van der Waals surface area contributed by atoms with Crippen molar-refractivity contribution in [2.75, 3.05) is 0 Å². The van der Waals surface area contributed by atoms with Gasteiger partial charge in [-0.3, -0.25) is 10.2 Å². The number of nitrogens with zero attached hydrogens (tertiary/aromatic N) is 3. The van der Waals surface area contributed by atoms with Gasteiger partial charge in [0.05, 0.1) is 5.57 Å². The van der Waals surface area contributed by atoms with Gasteiger partial charge in [-0.15, -0.1) is 0 Å². The average molecular weight is 390 g/mol. The molecule has 0 atom stereocenters. The lowest BCUT2D eigenvalue weighted by Gasteiger charge is -2.19. The van der Waals surface area contributed by atoms with Crippen LogP contribution in [0.25, 0.3) is 17.4 Å². The molecule has 0 spiro atoms. The first kappa shape index (κ1) is 17.3. The van der Waals surface area contributed by atoms with E-state index in [0.29, 0.717) is 10.8 Å². The summed E-state index contributed by atoms with van der Waals surface area (Å²) in [4.78, 5) is 15.8. The Kier molecular flexibility index (Phi) is 3.99. The highest BCUT2D eigenvalue weighted by Crippen LogP contribution is 2.35. The first-order valence-electron chi connectivity index (χ1n) is 7.55. The number of furan rings is 1. The van der Waals surface area contributed by atoms with Crippen LogP contribution in [0, 0.1) is 5.41 Å². The zero-order chi connectivity index (χ0) is 19.2. The van der Waals surface area contributed by atoms with Crippen molar-refractivity contribution in [1.82, 2.24) is 5.01 Å². The molecule has 4 rings (SSSR count). The maximum absolute atomic E-state index is 12.8. The predicted molar refractivity (Wildman–Crippen MR) is 95.2 cm³/mol. The lowest BCUT2D eigenvalue weighted by atomic mass is 10.1. The molecule has 3 heterocycles. The number of hydrogen-bond donors (Lipinski definition) is 1. The monoisotopic (exact) mass is 390 g/mol. The molecule has 2 aliphatic rings. The molecule has 0 unspecified atom stereocenters. The summed E-state index contributed by atoms with van der Waals surface area (Å²) in [7, 11) is 0. The van der Waals surface area contributed by atoms with Crippen LogP contribution in [0.15, 0.2) is 62.5 Å². The van der Waals surface area contributed by atoms with Crippen molar-refractivity contribution in [2.24, 2.45) is 10.1 Å². The van der Waals surface area contributed by atoms with Crippen LogP contribution in [-0.4, -0.2) is 33.1 Å². The van der Waals surface area contributed by atoms with Crippen molar-refractivity contribution in [3.8, 4) is 11.3 Å². The van der Waals surface area contributed by atoms with Gasteiger partial charge in [-0.1, -0.05) is 30.3 Å². The standard InChI is InChI=1S/C17H9F3N4O2S/c18-17(19,20)15-23-24-13(21)11(14(25)22-16(24)27-15)8-10-6-7-12(26-10)9-4-2-1-3-5-9/h1-8,21H. The molecule has 10 heteroatoms. The summed E-state index contributed by atoms with van der Waals surface area (Å²) in [5.41, 5.74) is 0.614. The first-order chi connectivity index (χ1) is 12.8. The topological polar surface area (TPSA) is 82.0 Å². The number of hydrazone groups is 1. The minimum Gasteiger partial charge on any atom is -0.457 e. The second-order valence-corrected chi connectivity index (χ2v) is 6.45. The van der Waals surface area contributed by atoms with Gasteiger partial charge in [0.15, 0.2) is 5.84 Å². The molecule has 1 aromatic heterocycles. The number of carbonyl (C=O) groups is 1. The highest BCUT2D eigenvalue weighted by atomic mass is 32.2. The average Bonchev–Trinajstić information content (AvgIpc) is 3.26. The Morgan fingerprint density at radius 1 is 1.15 bits per heavy atom. The van der Waals surface area contributed by atoms with E-state index in [2.05, 4.69) is 10.1 Å². The second kappa shape index (κ2) is 6.23. The highest BCUT2D eigenvalue weighted by molar-refractivity contribution is 8.27. The van der Waals surface area contributed by atoms with Crippen LogP contribution in [-0.2, 0) is 4.79 Å². The van der Waals surface area contributed by atoms with Crippen molar-refractivity contribution < 1.29 is 22.4 Å². The summed E-state index contributed by atoms with van der Waals surface area (Å²) >= 11 is 0.207. The van der Waals surface area contributed by atoms with E-state index in [4.69, 9.17) is 9.83 Å². The van der Waals surface area contributed by atoms with Crippen LogP contribution in [0.1, 0.15) is 5.76 Å². The zero-order valence-corrected chi connectivity index (χ0v) is 14.1. The third kappa shape index (κ3) is 3.19. The number of aliphatic imine (C=N–C) groups is 1. The lowest BCUT2D eigenvalue weighted by molar-refractivity contribution is -0.114. The molecule has 0 aliphatic carbocycles. The molecule has 2 aliphatic heterocycles. The number of amidine groups is 2. The number of halogens is 3. The Hall–Kier alpha value is -3.14. The number of carbonyl (C=O) groups excluding carboxylic acids is 1. The van der Waals surface area contributed by atoms with E-state index in [-0.39, 0.29) is 28.3 Å². The van der Waals surface area contributed by atoms with E-state index in [9.17, 15) is 18.0 Å². The third-order valence-corrected chi connectivity index (χ3v) is 4.62. The fourth-order valence-corrected chi connectivity index (χ4v) is 3.20. The van der Waals surface area contributed by atoms with Crippen LogP contribution in [0.3, 0.4) is 0 Å². The van der Waals surface area contributed by atoms with Crippen LogP contribution in [0.4, 0.5) is 13.2 Å². The van der Waals surface area contributed by atoms with Crippen molar-refractivity contribution in [3.05, 3.63) is 53.8 Å². The van der Waals surface area contributed by atoms with Gasteiger partial charge in [-0.2, -0.15) is 28.3 Å². The number of nitrogens with one attached hydrogen (secondary N) is 1. The van der Waals surface area contributed by atoms with E-state index in [0.717, 1.165) is 5.56 Å². The van der Waals surface area contributed by atoms with Gasteiger partial charge in [-0.25, -0.2) is 0 Å². The number of fused-ring (bicyclic) bond motifs is 1. The zero-order valence-electron chi connectivity index (χ0n) is 13.3. The molecule has 27 heavy (non-hydrogen) atoms. The Labute approximate surface area is 154 Å². The molecule has 1 N–H and O–H groups in total. The number of thioether (sulfide) groups is 1. The van der Waals surface area contributed by atoms with Crippen molar-refractivity contribution in [1.29, 1.82) is 5.41 Å². The second-order valence-electron chi connectivity index (χ2n) is 5.49. The van der Waals surface area contributed by atoms with E-state index in [1.54, 1.807) is 12.1 Å². The number of hydrogen-bond acceptors (Lipinski definition) is 5. The summed E-state index contributed by atoms with van der Waals surface area (Å²) < 4.78 is 44.1. The minimum atomic E-state index is -4.68. The molecule has 1 amide bonds. The van der Waals surface area contributed by atoms with E-state index in [1.807, 2.05) is 30.3 Å². The largest absolute Gasteiger partial charge is 0.457 e. The van der Waals surface area contributed by atoms with Crippen LogP contribution in [0.2, 0.25) is 0 Å². The SMILES string of the molecule is N=C1C(=Cc2ccc(-c3ccccc3)o2)C(=O)N=C2SC(C(F)(F)F)=NN12. The first-order valence-corrected chi connectivity index (χ1v) is 8.37. The van der Waals surface area contributed by atoms with Crippen molar-refractivity contribution in [2.45, 2.75) is 6.18 Å². The Morgan fingerprint density at radius 3 is 2.59 bits per heavy atom. The molecule has 0 radical (unpaired) electrons. The number of rotatable bonds is 2. The molecule has 0 fully saturated rings. The number of amides is 1. The Bertz CT molecular complexity index is 1040. The van der Waals surface area contributed by atoms with Gasteiger partial charge in [0.2, 0.25) is 10.2 Å². The summed E-state index contributed by atoms with van der Waals surface area (Å²) in [6, 6.07) is 12.5. The molecule has 0 bridgehead atoms. The van der Waals surface area contributed by atoms with E-state index < -0.39 is 23.0 Å². The third-order valence-electron chi connectivity index (χ3n) is 3.67. The van der Waals surface area contributed by atoms with Crippen LogP contribution in [0.5, 0.6) is 0 Å². The summed E-state index contributed by atoms with van der Waals surface area (Å²) in [5, 5.41) is 10.6. The molecular weight excluding hydrogens is 381 g/mol.